The summed E-state index contributed by atoms with van der Waals surface area (Å²) < 4.78 is 16.7. The Bertz CT molecular complexity index is 1240. The van der Waals surface area contributed by atoms with Crippen molar-refractivity contribution < 1.29 is 28.6 Å². The number of esters is 3. The minimum Gasteiger partial charge on any atom is -0.462 e. The summed E-state index contributed by atoms with van der Waals surface area (Å²) in [4.78, 5) is 37.8. The number of rotatable bonds is 46. The van der Waals surface area contributed by atoms with Crippen LogP contribution in [0.4, 0.5) is 0 Å². The number of carbonyl (C=O) groups excluding carboxylic acids is 3. The minimum atomic E-state index is -0.785. The lowest BCUT2D eigenvalue weighted by Crippen LogP contribution is -2.30. The first-order chi connectivity index (χ1) is 31.0. The molecule has 0 N–H and O–H groups in total. The third-order valence-corrected chi connectivity index (χ3v) is 10.9. The van der Waals surface area contributed by atoms with Gasteiger partial charge < -0.3 is 14.2 Å². The zero-order chi connectivity index (χ0) is 45.8. The summed E-state index contributed by atoms with van der Waals surface area (Å²) in [6, 6.07) is 0. The second-order valence-electron chi connectivity index (χ2n) is 17.1. The molecule has 0 bridgehead atoms. The number of hydrogen-bond donors (Lipinski definition) is 0. The fourth-order valence-electron chi connectivity index (χ4n) is 7.01. The second kappa shape index (κ2) is 51.2. The van der Waals surface area contributed by atoms with Gasteiger partial charge in [-0.2, -0.15) is 0 Å². The Hall–Kier alpha value is -3.41. The predicted molar refractivity (Wildman–Crippen MR) is 270 cm³/mol. The summed E-state index contributed by atoms with van der Waals surface area (Å²) in [5, 5.41) is 0. The molecular weight excluding hydrogens is 781 g/mol. The molecule has 0 fully saturated rings. The molecule has 360 valence electrons. The van der Waals surface area contributed by atoms with Crippen LogP contribution in [-0.2, 0) is 28.6 Å². The number of carbonyl (C=O) groups is 3. The topological polar surface area (TPSA) is 78.9 Å². The van der Waals surface area contributed by atoms with Gasteiger partial charge in [0.15, 0.2) is 6.10 Å². The monoisotopic (exact) mass is 877 g/mol. The Balaban J connectivity index is 4.30. The molecule has 1 unspecified atom stereocenters. The van der Waals surface area contributed by atoms with E-state index in [0.29, 0.717) is 19.3 Å². The molecule has 0 rings (SSSR count). The van der Waals surface area contributed by atoms with Crippen LogP contribution < -0.4 is 0 Å². The van der Waals surface area contributed by atoms with E-state index in [0.717, 1.165) is 109 Å². The molecule has 0 spiro atoms. The molecule has 6 heteroatoms. The molecule has 0 aliphatic carbocycles. The SMILES string of the molecule is CC/C=C\C/C=C\C/C=C\C/C=C\C/C=C\C/C=C\C/C=C\CCCCCC(=O)OCC(COC(=O)CCCCCCCCCC)OC(=O)CCCCCCCCCCCCCC. The largest absolute Gasteiger partial charge is 0.462 e. The Kier molecular flexibility index (Phi) is 48.5. The fourth-order valence-corrected chi connectivity index (χ4v) is 7.01. The average molecular weight is 877 g/mol. The summed E-state index contributed by atoms with van der Waals surface area (Å²) in [6.07, 6.45) is 65.8. The quantitative estimate of drug-likeness (QED) is 0.0262. The molecule has 0 heterocycles. The summed E-state index contributed by atoms with van der Waals surface area (Å²) in [7, 11) is 0. The minimum absolute atomic E-state index is 0.0851. The first-order valence-corrected chi connectivity index (χ1v) is 26.1. The highest BCUT2D eigenvalue weighted by Crippen LogP contribution is 2.14. The highest BCUT2D eigenvalue weighted by atomic mass is 16.6. The van der Waals surface area contributed by atoms with Crippen LogP contribution in [0, 0.1) is 0 Å². The molecule has 1 atom stereocenters. The number of allylic oxidation sites excluding steroid dienone is 14. The van der Waals surface area contributed by atoms with E-state index < -0.39 is 6.10 Å². The van der Waals surface area contributed by atoms with Gasteiger partial charge in [0, 0.05) is 19.3 Å². The van der Waals surface area contributed by atoms with Crippen molar-refractivity contribution in [3.05, 3.63) is 85.1 Å². The molecule has 0 aromatic carbocycles. The Morgan fingerprint density at radius 1 is 0.333 bits per heavy atom. The van der Waals surface area contributed by atoms with Crippen LogP contribution in [-0.4, -0.2) is 37.2 Å². The lowest BCUT2D eigenvalue weighted by atomic mass is 10.0. The fraction of sp³-hybridized carbons (Fsp3) is 0.702. The highest BCUT2D eigenvalue weighted by molar-refractivity contribution is 5.71. The maximum absolute atomic E-state index is 12.7. The summed E-state index contributed by atoms with van der Waals surface area (Å²) >= 11 is 0. The van der Waals surface area contributed by atoms with Crippen molar-refractivity contribution in [1.29, 1.82) is 0 Å². The summed E-state index contributed by atoms with van der Waals surface area (Å²) in [6.45, 7) is 6.46. The smallest absolute Gasteiger partial charge is 0.306 e. The maximum Gasteiger partial charge on any atom is 0.306 e. The number of hydrogen-bond acceptors (Lipinski definition) is 6. The van der Waals surface area contributed by atoms with Gasteiger partial charge in [-0.3, -0.25) is 14.4 Å². The normalized spacial score (nSPS) is 12.7. The molecule has 0 aliphatic rings. The third-order valence-electron chi connectivity index (χ3n) is 10.9. The molecule has 0 aromatic heterocycles. The van der Waals surface area contributed by atoms with E-state index in [9.17, 15) is 14.4 Å². The van der Waals surface area contributed by atoms with Crippen molar-refractivity contribution in [2.45, 2.75) is 245 Å². The third kappa shape index (κ3) is 49.5. The molecule has 0 radical (unpaired) electrons. The zero-order valence-corrected chi connectivity index (χ0v) is 41.1. The number of ether oxygens (including phenoxy) is 3. The van der Waals surface area contributed by atoms with Crippen LogP contribution in [0.5, 0.6) is 0 Å². The van der Waals surface area contributed by atoms with E-state index in [1.165, 1.54) is 89.9 Å². The number of unbranched alkanes of at least 4 members (excludes halogenated alkanes) is 21. The van der Waals surface area contributed by atoms with Crippen LogP contribution in [0.3, 0.4) is 0 Å². The van der Waals surface area contributed by atoms with E-state index >= 15 is 0 Å². The van der Waals surface area contributed by atoms with Crippen molar-refractivity contribution in [1.82, 2.24) is 0 Å². The van der Waals surface area contributed by atoms with Crippen molar-refractivity contribution in [3.8, 4) is 0 Å². The van der Waals surface area contributed by atoms with Crippen molar-refractivity contribution in [3.63, 3.8) is 0 Å². The Labute approximate surface area is 388 Å². The summed E-state index contributed by atoms with van der Waals surface area (Å²) in [5.41, 5.74) is 0. The van der Waals surface area contributed by atoms with E-state index in [1.807, 2.05) is 0 Å². The van der Waals surface area contributed by atoms with Gasteiger partial charge in [0.1, 0.15) is 13.2 Å². The standard InChI is InChI=1S/C57H96O6/c1-4-7-10-13-16-19-21-23-24-25-26-27-28-29-30-31-32-33-34-35-37-38-41-44-47-50-56(59)62-53-54(52-61-55(58)49-46-43-40-18-15-12-9-6-3)63-57(60)51-48-45-42-39-36-22-20-17-14-11-8-5-2/h7,10,16,19,23-24,26-27,29-30,32-33,35,37,54H,4-6,8-9,11-15,17-18,20-22,25,28,31,34,36,38-53H2,1-3H3/b10-7-,19-16-,24-23-,27-26-,30-29-,33-32-,37-35-. The van der Waals surface area contributed by atoms with E-state index in [2.05, 4.69) is 106 Å². The summed E-state index contributed by atoms with van der Waals surface area (Å²) in [5.74, 6) is -0.924. The first-order valence-electron chi connectivity index (χ1n) is 26.1. The average Bonchev–Trinajstić information content (AvgIpc) is 3.28. The molecule has 0 aromatic rings. The lowest BCUT2D eigenvalue weighted by Gasteiger charge is -2.18. The second-order valence-corrected chi connectivity index (χ2v) is 17.1. The molecule has 0 saturated carbocycles. The van der Waals surface area contributed by atoms with Gasteiger partial charge in [0.2, 0.25) is 0 Å². The molecule has 0 aliphatic heterocycles. The van der Waals surface area contributed by atoms with Crippen LogP contribution in [0.15, 0.2) is 85.1 Å². The molecule has 6 nitrogen and oxygen atoms in total. The Morgan fingerprint density at radius 3 is 0.968 bits per heavy atom. The highest BCUT2D eigenvalue weighted by Gasteiger charge is 2.19. The van der Waals surface area contributed by atoms with Gasteiger partial charge in [-0.15, -0.1) is 0 Å². The molecular formula is C57H96O6. The van der Waals surface area contributed by atoms with Crippen LogP contribution >= 0.6 is 0 Å². The first kappa shape index (κ1) is 59.6. The van der Waals surface area contributed by atoms with Crippen LogP contribution in [0.1, 0.15) is 239 Å². The van der Waals surface area contributed by atoms with Gasteiger partial charge in [-0.25, -0.2) is 0 Å². The van der Waals surface area contributed by atoms with E-state index in [-0.39, 0.29) is 31.1 Å². The lowest BCUT2D eigenvalue weighted by molar-refractivity contribution is -0.167. The van der Waals surface area contributed by atoms with Gasteiger partial charge in [0.05, 0.1) is 0 Å². The maximum atomic E-state index is 12.7. The zero-order valence-electron chi connectivity index (χ0n) is 41.1. The molecule has 0 saturated heterocycles. The van der Waals surface area contributed by atoms with Crippen LogP contribution in [0.2, 0.25) is 0 Å². The van der Waals surface area contributed by atoms with E-state index in [1.54, 1.807) is 0 Å². The van der Waals surface area contributed by atoms with Crippen LogP contribution in [0.25, 0.3) is 0 Å². The van der Waals surface area contributed by atoms with Gasteiger partial charge in [-0.1, -0.05) is 228 Å². The van der Waals surface area contributed by atoms with Gasteiger partial charge >= 0.3 is 17.9 Å². The molecule has 0 amide bonds. The molecule has 63 heavy (non-hydrogen) atoms. The van der Waals surface area contributed by atoms with Gasteiger partial charge in [-0.05, 0) is 77.0 Å². The predicted octanol–water partition coefficient (Wildman–Crippen LogP) is 17.2. The van der Waals surface area contributed by atoms with Crippen molar-refractivity contribution in [2.24, 2.45) is 0 Å². The van der Waals surface area contributed by atoms with Crippen molar-refractivity contribution in [2.75, 3.05) is 13.2 Å². The Morgan fingerprint density at radius 2 is 0.619 bits per heavy atom. The van der Waals surface area contributed by atoms with Gasteiger partial charge in [0.25, 0.3) is 0 Å². The van der Waals surface area contributed by atoms with E-state index in [4.69, 9.17) is 14.2 Å². The van der Waals surface area contributed by atoms with Crippen molar-refractivity contribution >= 4 is 17.9 Å².